The van der Waals surface area contributed by atoms with Gasteiger partial charge in [0.15, 0.2) is 11.0 Å². The molecule has 0 fully saturated rings. The van der Waals surface area contributed by atoms with E-state index >= 15 is 0 Å². The van der Waals surface area contributed by atoms with E-state index in [1.807, 2.05) is 36.5 Å². The summed E-state index contributed by atoms with van der Waals surface area (Å²) in [4.78, 5) is 4.79. The molecule has 5 aromatic rings. The number of para-hydroxylation sites is 2. The molecule has 33 heavy (non-hydrogen) atoms. The third kappa shape index (κ3) is 4.36. The van der Waals surface area contributed by atoms with Crippen LogP contribution >= 0.6 is 11.8 Å². The molecule has 0 atom stereocenters. The van der Waals surface area contributed by atoms with Crippen molar-refractivity contribution in [1.29, 1.82) is 0 Å². The Morgan fingerprint density at radius 3 is 2.36 bits per heavy atom. The van der Waals surface area contributed by atoms with Crippen molar-refractivity contribution in [3.05, 3.63) is 101 Å². The van der Waals surface area contributed by atoms with Crippen molar-refractivity contribution < 1.29 is 4.74 Å². The molecule has 0 bridgehead atoms. The summed E-state index contributed by atoms with van der Waals surface area (Å²) in [5.41, 5.74) is 6.38. The third-order valence-corrected chi connectivity index (χ3v) is 6.51. The highest BCUT2D eigenvalue weighted by atomic mass is 32.2. The highest BCUT2D eigenvalue weighted by Crippen LogP contribution is 2.27. The van der Waals surface area contributed by atoms with Crippen LogP contribution in [-0.4, -0.2) is 24.1 Å². The van der Waals surface area contributed by atoms with Crippen molar-refractivity contribution in [3.63, 3.8) is 0 Å². The quantitative estimate of drug-likeness (QED) is 0.294. The topological polar surface area (TPSA) is 57.2 Å². The molecule has 0 amide bonds. The smallest absolute Gasteiger partial charge is 0.196 e. The molecule has 0 aliphatic heterocycles. The van der Waals surface area contributed by atoms with Crippen LogP contribution in [0.5, 0.6) is 5.75 Å². The molecule has 2 aromatic carbocycles. The number of aryl methyl sites for hydroxylation is 3. The predicted molar refractivity (Wildman–Crippen MR) is 131 cm³/mol. The van der Waals surface area contributed by atoms with Crippen molar-refractivity contribution in [3.8, 4) is 11.4 Å². The van der Waals surface area contributed by atoms with Crippen molar-refractivity contribution in [2.75, 3.05) is 0 Å². The molecule has 0 aliphatic rings. The van der Waals surface area contributed by atoms with Gasteiger partial charge in [-0.2, -0.15) is 0 Å². The van der Waals surface area contributed by atoms with Crippen LogP contribution in [0.15, 0.2) is 78.2 Å². The minimum atomic E-state index is 0.335. The van der Waals surface area contributed by atoms with Gasteiger partial charge >= 0.3 is 0 Å². The van der Waals surface area contributed by atoms with E-state index in [-0.39, 0.29) is 0 Å². The molecule has 3 heterocycles. The first-order chi connectivity index (χ1) is 16.1. The normalized spacial score (nSPS) is 11.2. The Balaban J connectivity index is 1.42. The minimum absolute atomic E-state index is 0.335. The van der Waals surface area contributed by atoms with E-state index in [0.717, 1.165) is 50.4 Å². The minimum Gasteiger partial charge on any atom is -0.485 e. The Labute approximate surface area is 197 Å². The monoisotopic (exact) mass is 455 g/mol. The van der Waals surface area contributed by atoms with Crippen LogP contribution in [0.25, 0.3) is 11.3 Å². The molecule has 5 rings (SSSR count). The Kier molecular flexibility index (Phi) is 5.88. The molecule has 0 unspecified atom stereocenters. The fourth-order valence-electron chi connectivity index (χ4n) is 3.90. The van der Waals surface area contributed by atoms with E-state index < -0.39 is 0 Å². The summed E-state index contributed by atoms with van der Waals surface area (Å²) in [5, 5.41) is 9.79. The molecular formula is C26H25N5OS. The van der Waals surface area contributed by atoms with Crippen LogP contribution in [0, 0.1) is 20.8 Å². The zero-order valence-electron chi connectivity index (χ0n) is 18.9. The number of pyridine rings is 1. The average Bonchev–Trinajstić information content (AvgIpc) is 3.42. The first-order valence-electron chi connectivity index (χ1n) is 10.8. The number of aromatic nitrogens is 5. The maximum atomic E-state index is 6.20. The van der Waals surface area contributed by atoms with E-state index in [1.54, 1.807) is 11.8 Å². The zero-order valence-corrected chi connectivity index (χ0v) is 19.7. The first kappa shape index (κ1) is 21.3. The second-order valence-electron chi connectivity index (χ2n) is 8.02. The Hall–Kier alpha value is -3.58. The highest BCUT2D eigenvalue weighted by Gasteiger charge is 2.17. The van der Waals surface area contributed by atoms with Gasteiger partial charge in [0.05, 0.1) is 5.69 Å². The number of hydrogen-bond acceptors (Lipinski definition) is 5. The van der Waals surface area contributed by atoms with Crippen molar-refractivity contribution in [2.24, 2.45) is 0 Å². The standard InChI is InChI=1S/C26H25N5OS/c1-18-9-7-10-19(2)24(18)32-16-23-28-29-26(31(23)22-12-5-4-6-13-22)33-17-21-15-30-14-8-11-20(3)25(30)27-21/h4-15H,16-17H2,1-3H3. The van der Waals surface area contributed by atoms with E-state index in [9.17, 15) is 0 Å². The van der Waals surface area contributed by atoms with Gasteiger partial charge < -0.3 is 9.14 Å². The van der Waals surface area contributed by atoms with Gasteiger partial charge in [0.2, 0.25) is 0 Å². The number of imidazole rings is 1. The summed E-state index contributed by atoms with van der Waals surface area (Å²) >= 11 is 1.62. The zero-order chi connectivity index (χ0) is 22.8. The fourth-order valence-corrected chi connectivity index (χ4v) is 4.75. The molecule has 3 aromatic heterocycles. The van der Waals surface area contributed by atoms with Gasteiger partial charge in [-0.25, -0.2) is 4.98 Å². The van der Waals surface area contributed by atoms with E-state index in [0.29, 0.717) is 12.4 Å². The lowest BCUT2D eigenvalue weighted by molar-refractivity contribution is 0.289. The second kappa shape index (κ2) is 9.11. The van der Waals surface area contributed by atoms with Gasteiger partial charge in [-0.1, -0.05) is 54.2 Å². The Morgan fingerprint density at radius 2 is 1.61 bits per heavy atom. The Bertz CT molecular complexity index is 1390. The van der Waals surface area contributed by atoms with E-state index in [2.05, 4.69) is 76.5 Å². The van der Waals surface area contributed by atoms with Gasteiger partial charge in [0.1, 0.15) is 18.0 Å². The van der Waals surface area contributed by atoms with Crippen LogP contribution in [0.2, 0.25) is 0 Å². The van der Waals surface area contributed by atoms with Crippen molar-refractivity contribution in [2.45, 2.75) is 38.3 Å². The molecule has 0 radical (unpaired) electrons. The van der Waals surface area contributed by atoms with Crippen LogP contribution in [0.1, 0.15) is 28.2 Å². The summed E-state index contributed by atoms with van der Waals surface area (Å²) in [6, 6.07) is 20.4. The summed E-state index contributed by atoms with van der Waals surface area (Å²) in [6.45, 7) is 6.53. The summed E-state index contributed by atoms with van der Waals surface area (Å²) in [6.07, 6.45) is 4.10. The molecule has 6 nitrogen and oxygen atoms in total. The van der Waals surface area contributed by atoms with Crippen molar-refractivity contribution >= 4 is 17.4 Å². The van der Waals surface area contributed by atoms with Gasteiger partial charge in [-0.05, 0) is 55.7 Å². The van der Waals surface area contributed by atoms with Gasteiger partial charge in [0.25, 0.3) is 0 Å². The van der Waals surface area contributed by atoms with Crippen LogP contribution in [-0.2, 0) is 12.4 Å². The highest BCUT2D eigenvalue weighted by molar-refractivity contribution is 7.98. The lowest BCUT2D eigenvalue weighted by Crippen LogP contribution is -2.07. The molecular weight excluding hydrogens is 430 g/mol. The first-order valence-corrected chi connectivity index (χ1v) is 11.8. The lowest BCUT2D eigenvalue weighted by atomic mass is 10.1. The Morgan fingerprint density at radius 1 is 0.848 bits per heavy atom. The number of benzene rings is 2. The molecule has 0 saturated heterocycles. The number of rotatable bonds is 7. The molecule has 7 heteroatoms. The van der Waals surface area contributed by atoms with Gasteiger partial charge in [0, 0.05) is 23.8 Å². The van der Waals surface area contributed by atoms with E-state index in [4.69, 9.17) is 9.72 Å². The lowest BCUT2D eigenvalue weighted by Gasteiger charge is -2.13. The van der Waals surface area contributed by atoms with Crippen LogP contribution < -0.4 is 4.74 Å². The van der Waals surface area contributed by atoms with Crippen LogP contribution in [0.3, 0.4) is 0 Å². The fraction of sp³-hybridized carbons (Fsp3) is 0.192. The predicted octanol–water partition coefficient (Wildman–Crippen LogP) is 5.71. The maximum absolute atomic E-state index is 6.20. The number of thioether (sulfide) groups is 1. The largest absolute Gasteiger partial charge is 0.485 e. The number of ether oxygens (including phenoxy) is 1. The molecule has 0 N–H and O–H groups in total. The van der Waals surface area contributed by atoms with E-state index in [1.165, 1.54) is 0 Å². The summed E-state index contributed by atoms with van der Waals surface area (Å²) < 4.78 is 10.3. The number of nitrogens with zero attached hydrogens (tertiary/aromatic N) is 5. The number of hydrogen-bond donors (Lipinski definition) is 0. The number of fused-ring (bicyclic) bond motifs is 1. The van der Waals surface area contributed by atoms with Gasteiger partial charge in [-0.3, -0.25) is 4.57 Å². The SMILES string of the molecule is Cc1cccc(C)c1OCc1nnc(SCc2cn3cccc(C)c3n2)n1-c1ccccc1. The molecule has 166 valence electrons. The second-order valence-corrected chi connectivity index (χ2v) is 8.96. The molecule has 0 spiro atoms. The van der Waals surface area contributed by atoms with Crippen LogP contribution in [0.4, 0.5) is 0 Å². The van der Waals surface area contributed by atoms with Gasteiger partial charge in [-0.15, -0.1) is 10.2 Å². The molecule has 0 aliphatic carbocycles. The van der Waals surface area contributed by atoms with Crippen molar-refractivity contribution in [1.82, 2.24) is 24.1 Å². The molecule has 0 saturated carbocycles. The maximum Gasteiger partial charge on any atom is 0.196 e. The summed E-state index contributed by atoms with van der Waals surface area (Å²) in [7, 11) is 0. The average molecular weight is 456 g/mol. The third-order valence-electron chi connectivity index (χ3n) is 5.55. The summed E-state index contributed by atoms with van der Waals surface area (Å²) in [5.74, 6) is 2.36.